The first kappa shape index (κ1) is 12.5. The highest BCUT2D eigenvalue weighted by Crippen LogP contribution is 2.38. The number of nitrogen functional groups attached to an aromatic ring is 1. The number of hydrogen-bond donors (Lipinski definition) is 1. The molecular formula is C12H13N3O2S. The van der Waals surface area contributed by atoms with Gasteiger partial charge in [-0.15, -0.1) is 0 Å². The molecule has 2 aromatic rings. The Morgan fingerprint density at radius 2 is 1.67 bits per heavy atom. The van der Waals surface area contributed by atoms with E-state index in [1.54, 1.807) is 38.7 Å². The van der Waals surface area contributed by atoms with Crippen molar-refractivity contribution in [3.8, 4) is 11.5 Å². The average molecular weight is 263 g/mol. The van der Waals surface area contributed by atoms with Crippen LogP contribution in [0.2, 0.25) is 0 Å². The molecule has 2 rings (SSSR count). The largest absolute Gasteiger partial charge is 0.493 e. The lowest BCUT2D eigenvalue weighted by Crippen LogP contribution is -1.95. The van der Waals surface area contributed by atoms with E-state index in [1.165, 1.54) is 11.8 Å². The van der Waals surface area contributed by atoms with Crippen molar-refractivity contribution < 1.29 is 9.47 Å². The fourth-order valence-electron chi connectivity index (χ4n) is 1.40. The second-order valence-corrected chi connectivity index (χ2v) is 4.39. The molecule has 0 fully saturated rings. The van der Waals surface area contributed by atoms with Crippen LogP contribution in [-0.2, 0) is 0 Å². The topological polar surface area (TPSA) is 70.3 Å². The highest BCUT2D eigenvalue weighted by molar-refractivity contribution is 7.99. The highest BCUT2D eigenvalue weighted by atomic mass is 32.2. The number of rotatable bonds is 4. The fraction of sp³-hybridized carbons (Fsp3) is 0.167. The number of anilines is 1. The molecule has 0 aliphatic carbocycles. The van der Waals surface area contributed by atoms with E-state index >= 15 is 0 Å². The van der Waals surface area contributed by atoms with E-state index in [4.69, 9.17) is 15.2 Å². The van der Waals surface area contributed by atoms with Crippen molar-refractivity contribution in [2.24, 2.45) is 0 Å². The summed E-state index contributed by atoms with van der Waals surface area (Å²) in [5.41, 5.74) is 6.56. The third kappa shape index (κ3) is 2.65. The van der Waals surface area contributed by atoms with Crippen LogP contribution < -0.4 is 15.2 Å². The van der Waals surface area contributed by atoms with Gasteiger partial charge in [-0.3, -0.25) is 0 Å². The lowest BCUT2D eigenvalue weighted by Gasteiger charge is -2.11. The number of aromatic nitrogens is 2. The van der Waals surface area contributed by atoms with Gasteiger partial charge in [-0.05, 0) is 17.8 Å². The monoisotopic (exact) mass is 263 g/mol. The summed E-state index contributed by atoms with van der Waals surface area (Å²) in [6, 6.07) is 5.31. The van der Waals surface area contributed by atoms with Gasteiger partial charge in [0.1, 0.15) is 0 Å². The molecule has 0 saturated heterocycles. The molecule has 1 aromatic heterocycles. The minimum Gasteiger partial charge on any atom is -0.493 e. The van der Waals surface area contributed by atoms with Crippen LogP contribution in [0.3, 0.4) is 0 Å². The molecule has 0 radical (unpaired) electrons. The van der Waals surface area contributed by atoms with E-state index in [-0.39, 0.29) is 0 Å². The number of methoxy groups -OCH3 is 2. The van der Waals surface area contributed by atoms with Gasteiger partial charge in [0.25, 0.3) is 0 Å². The molecule has 94 valence electrons. The third-order valence-corrected chi connectivity index (χ3v) is 3.23. The normalized spacial score (nSPS) is 10.1. The van der Waals surface area contributed by atoms with E-state index in [0.29, 0.717) is 22.3 Å². The molecule has 0 aliphatic heterocycles. The van der Waals surface area contributed by atoms with Crippen molar-refractivity contribution >= 4 is 17.4 Å². The smallest absolute Gasteiger partial charge is 0.192 e. The Kier molecular flexibility index (Phi) is 3.88. The van der Waals surface area contributed by atoms with Gasteiger partial charge in [0.05, 0.1) is 14.2 Å². The first-order valence-electron chi connectivity index (χ1n) is 5.21. The van der Waals surface area contributed by atoms with E-state index in [0.717, 1.165) is 4.90 Å². The fourth-order valence-corrected chi connectivity index (χ4v) is 2.17. The van der Waals surface area contributed by atoms with Crippen LogP contribution in [0.5, 0.6) is 11.5 Å². The molecule has 0 amide bonds. The molecule has 18 heavy (non-hydrogen) atoms. The van der Waals surface area contributed by atoms with Crippen LogP contribution in [-0.4, -0.2) is 24.2 Å². The van der Waals surface area contributed by atoms with Crippen molar-refractivity contribution in [1.82, 2.24) is 9.97 Å². The number of benzene rings is 1. The molecule has 0 atom stereocenters. The van der Waals surface area contributed by atoms with Crippen LogP contribution in [0.4, 0.5) is 5.69 Å². The van der Waals surface area contributed by atoms with E-state index < -0.39 is 0 Å². The molecule has 0 saturated carbocycles. The zero-order valence-corrected chi connectivity index (χ0v) is 10.9. The number of hydrogen-bond acceptors (Lipinski definition) is 6. The predicted molar refractivity (Wildman–Crippen MR) is 70.1 cm³/mol. The molecule has 0 aliphatic rings. The van der Waals surface area contributed by atoms with Crippen molar-refractivity contribution in [2.75, 3.05) is 20.0 Å². The van der Waals surface area contributed by atoms with Crippen molar-refractivity contribution in [3.63, 3.8) is 0 Å². The summed E-state index contributed by atoms with van der Waals surface area (Å²) in [5.74, 6) is 1.23. The maximum Gasteiger partial charge on any atom is 0.192 e. The molecule has 1 heterocycles. The van der Waals surface area contributed by atoms with Gasteiger partial charge in [-0.25, -0.2) is 9.97 Å². The number of ether oxygens (including phenoxy) is 2. The molecule has 1 aromatic carbocycles. The minimum atomic E-state index is 0.602. The van der Waals surface area contributed by atoms with E-state index in [1.807, 2.05) is 6.07 Å². The number of nitrogens with two attached hydrogens (primary N) is 1. The molecule has 5 nitrogen and oxygen atoms in total. The van der Waals surface area contributed by atoms with Crippen molar-refractivity contribution in [1.29, 1.82) is 0 Å². The first-order chi connectivity index (χ1) is 8.74. The molecule has 2 N–H and O–H groups in total. The maximum absolute atomic E-state index is 5.96. The molecule has 0 bridgehead atoms. The summed E-state index contributed by atoms with van der Waals surface area (Å²) in [5, 5.41) is 0.636. The number of nitrogens with zero attached hydrogens (tertiary/aromatic N) is 2. The van der Waals surface area contributed by atoms with Gasteiger partial charge in [-0.1, -0.05) is 0 Å². The average Bonchev–Trinajstić information content (AvgIpc) is 2.41. The SMILES string of the molecule is COc1cc(N)c(Sc2ncccn2)cc1OC. The molecular weight excluding hydrogens is 250 g/mol. The van der Waals surface area contributed by atoms with Crippen LogP contribution in [0.15, 0.2) is 40.6 Å². The Morgan fingerprint density at radius 3 is 2.28 bits per heavy atom. The van der Waals surface area contributed by atoms with E-state index in [2.05, 4.69) is 9.97 Å². The second kappa shape index (κ2) is 5.59. The Hall–Kier alpha value is -1.95. The van der Waals surface area contributed by atoms with Crippen LogP contribution >= 0.6 is 11.8 Å². The maximum atomic E-state index is 5.96. The Balaban J connectivity index is 2.33. The quantitative estimate of drug-likeness (QED) is 0.673. The Morgan fingerprint density at radius 1 is 1.06 bits per heavy atom. The van der Waals surface area contributed by atoms with Gasteiger partial charge >= 0.3 is 0 Å². The van der Waals surface area contributed by atoms with E-state index in [9.17, 15) is 0 Å². The molecule has 0 spiro atoms. The first-order valence-corrected chi connectivity index (χ1v) is 6.02. The Bertz CT molecular complexity index is 534. The summed E-state index contributed by atoms with van der Waals surface area (Å²) in [6.45, 7) is 0. The van der Waals surface area contributed by atoms with Crippen molar-refractivity contribution in [2.45, 2.75) is 10.1 Å². The second-order valence-electron chi connectivity index (χ2n) is 3.38. The van der Waals surface area contributed by atoms with Gasteiger partial charge in [0, 0.05) is 35.1 Å². The summed E-state index contributed by atoms with van der Waals surface area (Å²) < 4.78 is 10.4. The zero-order valence-electron chi connectivity index (χ0n) is 10.1. The van der Waals surface area contributed by atoms with Crippen molar-refractivity contribution in [3.05, 3.63) is 30.6 Å². The van der Waals surface area contributed by atoms with Gasteiger partial charge in [-0.2, -0.15) is 0 Å². The molecule has 0 unspecified atom stereocenters. The standard InChI is InChI=1S/C12H13N3O2S/c1-16-9-6-8(13)11(7-10(9)17-2)18-12-14-4-3-5-15-12/h3-7H,13H2,1-2H3. The van der Waals surface area contributed by atoms with Gasteiger partial charge in [0.15, 0.2) is 16.7 Å². The minimum absolute atomic E-state index is 0.602. The summed E-state index contributed by atoms with van der Waals surface area (Å²) in [6.07, 6.45) is 3.37. The van der Waals surface area contributed by atoms with Crippen LogP contribution in [0, 0.1) is 0 Å². The lowest BCUT2D eigenvalue weighted by atomic mass is 10.3. The summed E-state index contributed by atoms with van der Waals surface area (Å²) in [7, 11) is 3.16. The lowest BCUT2D eigenvalue weighted by molar-refractivity contribution is 0.354. The van der Waals surface area contributed by atoms with Crippen LogP contribution in [0.25, 0.3) is 0 Å². The summed E-state index contributed by atoms with van der Waals surface area (Å²) in [4.78, 5) is 9.11. The predicted octanol–water partition coefficient (Wildman–Crippen LogP) is 2.23. The molecule has 6 heteroatoms. The van der Waals surface area contributed by atoms with Gasteiger partial charge < -0.3 is 15.2 Å². The highest BCUT2D eigenvalue weighted by Gasteiger charge is 2.11. The Labute approximate surface area is 109 Å². The third-order valence-electron chi connectivity index (χ3n) is 2.26. The van der Waals surface area contributed by atoms with Gasteiger partial charge in [0.2, 0.25) is 0 Å². The summed E-state index contributed by atoms with van der Waals surface area (Å²) >= 11 is 1.38. The van der Waals surface area contributed by atoms with Crippen LogP contribution in [0.1, 0.15) is 0 Å². The zero-order chi connectivity index (χ0) is 13.0.